The number of urea groups is 1. The molecule has 2 aromatic rings. The summed E-state index contributed by atoms with van der Waals surface area (Å²) in [7, 11) is 0. The standard InChI is InChI=1S/C16H13F2N3O3S/c1-16(12-3-2-6-25-12)14(23)21(15(24)20-16)8-13(22)19-11-5-4-9(17)7-10(11)18/h2-7H,8H2,1H3,(H,19,22)(H,20,24). The van der Waals surface area contributed by atoms with E-state index >= 15 is 0 Å². The topological polar surface area (TPSA) is 78.5 Å². The molecule has 2 heterocycles. The van der Waals surface area contributed by atoms with E-state index in [1.165, 1.54) is 11.3 Å². The van der Waals surface area contributed by atoms with Gasteiger partial charge in [0.05, 0.1) is 5.69 Å². The molecule has 1 atom stereocenters. The molecule has 6 nitrogen and oxygen atoms in total. The molecule has 1 unspecified atom stereocenters. The Bertz CT molecular complexity index is 856. The predicted molar refractivity (Wildman–Crippen MR) is 86.9 cm³/mol. The molecule has 1 aromatic carbocycles. The van der Waals surface area contributed by atoms with Crippen molar-refractivity contribution >= 4 is 34.9 Å². The average Bonchev–Trinajstić information content (AvgIpc) is 3.15. The molecule has 1 aliphatic rings. The number of thiophene rings is 1. The van der Waals surface area contributed by atoms with Gasteiger partial charge in [0.2, 0.25) is 5.91 Å². The van der Waals surface area contributed by atoms with Crippen LogP contribution in [0.15, 0.2) is 35.7 Å². The van der Waals surface area contributed by atoms with Gasteiger partial charge in [-0.3, -0.25) is 14.5 Å². The first-order valence-electron chi connectivity index (χ1n) is 7.24. The number of hydrogen-bond acceptors (Lipinski definition) is 4. The van der Waals surface area contributed by atoms with Crippen LogP contribution in [0.4, 0.5) is 19.3 Å². The SMILES string of the molecule is CC1(c2cccs2)NC(=O)N(CC(=O)Nc2ccc(F)cc2F)C1=O. The first kappa shape index (κ1) is 17.0. The van der Waals surface area contributed by atoms with Crippen molar-refractivity contribution in [3.05, 3.63) is 52.2 Å². The lowest BCUT2D eigenvalue weighted by Gasteiger charge is -2.20. The molecule has 1 saturated heterocycles. The minimum absolute atomic E-state index is 0.237. The van der Waals surface area contributed by atoms with Gasteiger partial charge in [0, 0.05) is 10.9 Å². The van der Waals surface area contributed by atoms with E-state index in [0.29, 0.717) is 10.9 Å². The zero-order chi connectivity index (χ0) is 18.2. The molecule has 4 amide bonds. The number of nitrogens with zero attached hydrogens (tertiary/aromatic N) is 1. The van der Waals surface area contributed by atoms with Gasteiger partial charge < -0.3 is 10.6 Å². The minimum Gasteiger partial charge on any atom is -0.322 e. The molecule has 1 aromatic heterocycles. The Balaban J connectivity index is 1.73. The molecule has 3 rings (SSSR count). The Morgan fingerprint density at radius 3 is 2.72 bits per heavy atom. The van der Waals surface area contributed by atoms with E-state index in [4.69, 9.17) is 0 Å². The Labute approximate surface area is 145 Å². The van der Waals surface area contributed by atoms with E-state index in [1.54, 1.807) is 24.4 Å². The number of anilines is 1. The monoisotopic (exact) mass is 365 g/mol. The van der Waals surface area contributed by atoms with Crippen molar-refractivity contribution in [2.45, 2.75) is 12.5 Å². The van der Waals surface area contributed by atoms with E-state index in [1.807, 2.05) is 0 Å². The van der Waals surface area contributed by atoms with Crippen molar-refractivity contribution in [2.75, 3.05) is 11.9 Å². The Morgan fingerprint density at radius 1 is 1.32 bits per heavy atom. The molecule has 0 saturated carbocycles. The average molecular weight is 365 g/mol. The summed E-state index contributed by atoms with van der Waals surface area (Å²) < 4.78 is 26.5. The van der Waals surface area contributed by atoms with E-state index in [0.717, 1.165) is 17.0 Å². The number of amides is 4. The van der Waals surface area contributed by atoms with Crippen LogP contribution in [0.2, 0.25) is 0 Å². The fourth-order valence-electron chi connectivity index (χ4n) is 2.49. The van der Waals surface area contributed by atoms with Crippen LogP contribution in [0.5, 0.6) is 0 Å². The van der Waals surface area contributed by atoms with Crippen LogP contribution in [0.3, 0.4) is 0 Å². The lowest BCUT2D eigenvalue weighted by atomic mass is 10.0. The zero-order valence-corrected chi connectivity index (χ0v) is 13.8. The molecule has 0 radical (unpaired) electrons. The van der Waals surface area contributed by atoms with Gasteiger partial charge >= 0.3 is 6.03 Å². The molecule has 0 spiro atoms. The lowest BCUT2D eigenvalue weighted by molar-refractivity contribution is -0.133. The smallest absolute Gasteiger partial charge is 0.322 e. The third-order valence-corrected chi connectivity index (χ3v) is 4.89. The van der Waals surface area contributed by atoms with Crippen molar-refractivity contribution in [3.8, 4) is 0 Å². The van der Waals surface area contributed by atoms with E-state index < -0.39 is 41.6 Å². The second-order valence-corrected chi connectivity index (χ2v) is 6.54. The molecule has 9 heteroatoms. The molecular formula is C16H13F2N3O3S. The van der Waals surface area contributed by atoms with Crippen molar-refractivity contribution in [1.82, 2.24) is 10.2 Å². The molecule has 2 N–H and O–H groups in total. The van der Waals surface area contributed by atoms with Gasteiger partial charge in [-0.05, 0) is 30.5 Å². The first-order valence-corrected chi connectivity index (χ1v) is 8.12. The number of imide groups is 1. The Kier molecular flexibility index (Phi) is 4.25. The van der Waals surface area contributed by atoms with Crippen LogP contribution in [0, 0.1) is 11.6 Å². The molecule has 0 aliphatic carbocycles. The third-order valence-electron chi connectivity index (χ3n) is 3.80. The Morgan fingerprint density at radius 2 is 2.08 bits per heavy atom. The maximum atomic E-state index is 13.6. The summed E-state index contributed by atoms with van der Waals surface area (Å²) in [5.74, 6) is -3.08. The molecule has 1 fully saturated rings. The summed E-state index contributed by atoms with van der Waals surface area (Å²) in [5.41, 5.74) is -1.48. The molecule has 25 heavy (non-hydrogen) atoms. The summed E-state index contributed by atoms with van der Waals surface area (Å²) in [4.78, 5) is 38.1. The maximum Gasteiger partial charge on any atom is 0.325 e. The summed E-state index contributed by atoms with van der Waals surface area (Å²) in [6.45, 7) is 0.971. The van der Waals surface area contributed by atoms with Crippen molar-refractivity contribution < 1.29 is 23.2 Å². The highest BCUT2D eigenvalue weighted by Crippen LogP contribution is 2.31. The minimum atomic E-state index is -1.24. The predicted octanol–water partition coefficient (Wildman–Crippen LogP) is 2.43. The number of halogens is 2. The lowest BCUT2D eigenvalue weighted by Crippen LogP contribution is -2.41. The molecule has 130 valence electrons. The number of rotatable bonds is 4. The number of hydrogen-bond donors (Lipinski definition) is 2. The van der Waals surface area contributed by atoms with Gasteiger partial charge in [0.1, 0.15) is 18.2 Å². The van der Waals surface area contributed by atoms with Crippen LogP contribution in [0.25, 0.3) is 0 Å². The van der Waals surface area contributed by atoms with Crippen LogP contribution in [0.1, 0.15) is 11.8 Å². The fourth-order valence-corrected chi connectivity index (χ4v) is 3.33. The summed E-state index contributed by atoms with van der Waals surface area (Å²) in [5, 5.41) is 6.55. The van der Waals surface area contributed by atoms with Crippen LogP contribution in [-0.4, -0.2) is 29.3 Å². The quantitative estimate of drug-likeness (QED) is 0.817. The molecular weight excluding hydrogens is 352 g/mol. The Hall–Kier alpha value is -2.81. The summed E-state index contributed by atoms with van der Waals surface area (Å²) in [6, 6.07) is 5.41. The van der Waals surface area contributed by atoms with Crippen molar-refractivity contribution in [1.29, 1.82) is 0 Å². The van der Waals surface area contributed by atoms with E-state index in [2.05, 4.69) is 10.6 Å². The van der Waals surface area contributed by atoms with Crippen LogP contribution >= 0.6 is 11.3 Å². The number of carbonyl (C=O) groups is 3. The van der Waals surface area contributed by atoms with Gasteiger partial charge in [0.25, 0.3) is 5.91 Å². The van der Waals surface area contributed by atoms with Crippen LogP contribution < -0.4 is 10.6 Å². The first-order chi connectivity index (χ1) is 11.8. The maximum absolute atomic E-state index is 13.6. The third kappa shape index (κ3) is 3.10. The largest absolute Gasteiger partial charge is 0.325 e. The molecule has 1 aliphatic heterocycles. The van der Waals surface area contributed by atoms with Gasteiger partial charge in [-0.1, -0.05) is 6.07 Å². The summed E-state index contributed by atoms with van der Waals surface area (Å²) >= 11 is 1.30. The molecule has 0 bridgehead atoms. The van der Waals surface area contributed by atoms with Crippen molar-refractivity contribution in [2.24, 2.45) is 0 Å². The van der Waals surface area contributed by atoms with Gasteiger partial charge in [-0.2, -0.15) is 0 Å². The second-order valence-electron chi connectivity index (χ2n) is 5.60. The highest BCUT2D eigenvalue weighted by atomic mass is 32.1. The fraction of sp³-hybridized carbons (Fsp3) is 0.188. The van der Waals surface area contributed by atoms with Crippen LogP contribution in [-0.2, 0) is 15.1 Å². The van der Waals surface area contributed by atoms with Gasteiger partial charge in [0.15, 0.2) is 5.54 Å². The number of benzene rings is 1. The highest BCUT2D eigenvalue weighted by molar-refractivity contribution is 7.10. The normalized spacial score (nSPS) is 19.9. The second kappa shape index (κ2) is 6.25. The highest BCUT2D eigenvalue weighted by Gasteiger charge is 2.50. The van der Waals surface area contributed by atoms with Gasteiger partial charge in [-0.25, -0.2) is 13.6 Å². The zero-order valence-electron chi connectivity index (χ0n) is 13.0. The van der Waals surface area contributed by atoms with E-state index in [9.17, 15) is 23.2 Å². The number of nitrogens with one attached hydrogen (secondary N) is 2. The number of carbonyl (C=O) groups excluding carboxylic acids is 3. The van der Waals surface area contributed by atoms with E-state index in [-0.39, 0.29) is 5.69 Å². The summed E-state index contributed by atoms with van der Waals surface area (Å²) in [6.07, 6.45) is 0. The van der Waals surface area contributed by atoms with Gasteiger partial charge in [-0.15, -0.1) is 11.3 Å². The van der Waals surface area contributed by atoms with Crippen molar-refractivity contribution in [3.63, 3.8) is 0 Å².